The predicted molar refractivity (Wildman–Crippen MR) is 109 cm³/mol. The van der Waals surface area contributed by atoms with Gasteiger partial charge in [0.2, 0.25) is 15.9 Å². The number of rotatable bonds is 6. The average Bonchev–Trinajstić information content (AvgIpc) is 2.69. The number of halogens is 3. The molecular formula is C21H19F3N2O3S. The van der Waals surface area contributed by atoms with Crippen LogP contribution in [0.4, 0.5) is 18.9 Å². The molecule has 0 bridgehead atoms. The largest absolute Gasteiger partial charge is 0.416 e. The maximum Gasteiger partial charge on any atom is 0.416 e. The van der Waals surface area contributed by atoms with Crippen LogP contribution in [-0.4, -0.2) is 27.1 Å². The van der Waals surface area contributed by atoms with Crippen LogP contribution in [-0.2, 0) is 27.5 Å². The Labute approximate surface area is 172 Å². The molecule has 0 spiro atoms. The van der Waals surface area contributed by atoms with Gasteiger partial charge < -0.3 is 5.32 Å². The van der Waals surface area contributed by atoms with E-state index in [1.165, 1.54) is 0 Å². The molecule has 0 aliphatic heterocycles. The van der Waals surface area contributed by atoms with Crippen LogP contribution in [0.3, 0.4) is 0 Å². The van der Waals surface area contributed by atoms with Gasteiger partial charge in [-0.2, -0.15) is 13.2 Å². The van der Waals surface area contributed by atoms with E-state index >= 15 is 0 Å². The Kier molecular flexibility index (Phi) is 6.02. The fourth-order valence-electron chi connectivity index (χ4n) is 3.04. The number of amides is 1. The maximum atomic E-state index is 12.7. The SMILES string of the molecule is CS(=O)(=O)N(CC(=O)NCc1cccc2ccccc12)c1ccc(C(F)(F)F)cc1. The third-order valence-electron chi connectivity index (χ3n) is 4.53. The second-order valence-corrected chi connectivity index (χ2v) is 8.64. The summed E-state index contributed by atoms with van der Waals surface area (Å²) in [7, 11) is -3.89. The molecule has 0 atom stereocenters. The summed E-state index contributed by atoms with van der Waals surface area (Å²) in [5.41, 5.74) is -0.0622. The van der Waals surface area contributed by atoms with Crippen LogP contribution in [0.1, 0.15) is 11.1 Å². The van der Waals surface area contributed by atoms with Crippen LogP contribution >= 0.6 is 0 Å². The molecule has 3 aromatic rings. The van der Waals surface area contributed by atoms with Gasteiger partial charge in [-0.05, 0) is 40.6 Å². The highest BCUT2D eigenvalue weighted by atomic mass is 32.2. The highest BCUT2D eigenvalue weighted by molar-refractivity contribution is 7.92. The van der Waals surface area contributed by atoms with Crippen LogP contribution in [0.2, 0.25) is 0 Å². The van der Waals surface area contributed by atoms with E-state index in [9.17, 15) is 26.4 Å². The van der Waals surface area contributed by atoms with Crippen molar-refractivity contribution in [3.63, 3.8) is 0 Å². The van der Waals surface area contributed by atoms with Gasteiger partial charge in [-0.25, -0.2) is 8.42 Å². The Hall–Kier alpha value is -3.07. The minimum Gasteiger partial charge on any atom is -0.350 e. The van der Waals surface area contributed by atoms with E-state index in [1.807, 2.05) is 42.5 Å². The minimum absolute atomic E-state index is 0.0224. The molecule has 1 amide bonds. The lowest BCUT2D eigenvalue weighted by molar-refractivity contribution is -0.137. The van der Waals surface area contributed by atoms with Gasteiger partial charge in [-0.1, -0.05) is 42.5 Å². The number of anilines is 1. The molecule has 5 nitrogen and oxygen atoms in total. The number of carbonyl (C=O) groups excluding carboxylic acids is 1. The van der Waals surface area contributed by atoms with Gasteiger partial charge in [0, 0.05) is 6.54 Å². The average molecular weight is 436 g/mol. The third-order valence-corrected chi connectivity index (χ3v) is 5.67. The molecule has 0 unspecified atom stereocenters. The minimum atomic E-state index is -4.54. The van der Waals surface area contributed by atoms with Gasteiger partial charge in [0.15, 0.2) is 0 Å². The van der Waals surface area contributed by atoms with E-state index in [4.69, 9.17) is 0 Å². The van der Waals surface area contributed by atoms with Gasteiger partial charge >= 0.3 is 6.18 Å². The highest BCUT2D eigenvalue weighted by Gasteiger charge is 2.30. The molecule has 3 rings (SSSR count). The van der Waals surface area contributed by atoms with Crippen LogP contribution in [0.25, 0.3) is 10.8 Å². The molecule has 1 N–H and O–H groups in total. The van der Waals surface area contributed by atoms with E-state index in [-0.39, 0.29) is 12.2 Å². The van der Waals surface area contributed by atoms with Crippen LogP contribution < -0.4 is 9.62 Å². The molecule has 158 valence electrons. The fourth-order valence-corrected chi connectivity index (χ4v) is 3.90. The van der Waals surface area contributed by atoms with Crippen molar-refractivity contribution in [1.82, 2.24) is 5.32 Å². The molecule has 0 fully saturated rings. The lowest BCUT2D eigenvalue weighted by atomic mass is 10.0. The molecule has 0 aromatic heterocycles. The number of alkyl halides is 3. The lowest BCUT2D eigenvalue weighted by Crippen LogP contribution is -2.40. The second-order valence-electron chi connectivity index (χ2n) is 6.73. The lowest BCUT2D eigenvalue weighted by Gasteiger charge is -2.22. The van der Waals surface area contributed by atoms with Gasteiger partial charge in [0.25, 0.3) is 0 Å². The summed E-state index contributed by atoms with van der Waals surface area (Å²) in [6, 6.07) is 16.9. The fraction of sp³-hybridized carbons (Fsp3) is 0.190. The molecule has 30 heavy (non-hydrogen) atoms. The zero-order valence-corrected chi connectivity index (χ0v) is 16.8. The smallest absolute Gasteiger partial charge is 0.350 e. The van der Waals surface area contributed by atoms with Crippen molar-refractivity contribution < 1.29 is 26.4 Å². The summed E-state index contributed by atoms with van der Waals surface area (Å²) in [6.07, 6.45) is -3.65. The van der Waals surface area contributed by atoms with Crippen molar-refractivity contribution in [3.8, 4) is 0 Å². The van der Waals surface area contributed by atoms with Gasteiger partial charge in [-0.3, -0.25) is 9.10 Å². The van der Waals surface area contributed by atoms with Crippen molar-refractivity contribution >= 4 is 32.4 Å². The van der Waals surface area contributed by atoms with Crippen molar-refractivity contribution in [2.75, 3.05) is 17.1 Å². The predicted octanol–water partition coefficient (Wildman–Crippen LogP) is 3.94. The Bertz CT molecular complexity index is 1150. The normalized spacial score (nSPS) is 12.0. The molecule has 0 aliphatic carbocycles. The number of nitrogens with one attached hydrogen (secondary N) is 1. The van der Waals surface area contributed by atoms with Crippen molar-refractivity contribution in [1.29, 1.82) is 0 Å². The first-order chi connectivity index (χ1) is 14.1. The third kappa shape index (κ3) is 5.10. The topological polar surface area (TPSA) is 66.5 Å². The first-order valence-corrected chi connectivity index (χ1v) is 10.8. The Morgan fingerprint density at radius 3 is 2.23 bits per heavy atom. The molecule has 3 aromatic carbocycles. The van der Waals surface area contributed by atoms with Crippen molar-refractivity contribution in [2.45, 2.75) is 12.7 Å². The molecule has 0 saturated carbocycles. The van der Waals surface area contributed by atoms with Gasteiger partial charge in [0.05, 0.1) is 17.5 Å². The standard InChI is InChI=1S/C21H19F3N2O3S/c1-30(28,29)26(18-11-9-17(10-12-18)21(22,23)24)14-20(27)25-13-16-7-4-6-15-5-2-3-8-19(15)16/h2-12H,13-14H2,1H3,(H,25,27). The van der Waals surface area contributed by atoms with E-state index < -0.39 is 34.2 Å². The number of sulfonamides is 1. The van der Waals surface area contributed by atoms with E-state index in [0.717, 1.165) is 51.2 Å². The highest BCUT2D eigenvalue weighted by Crippen LogP contribution is 2.31. The first kappa shape index (κ1) is 21.6. The quantitative estimate of drug-likeness (QED) is 0.637. The number of fused-ring (bicyclic) bond motifs is 1. The number of hydrogen-bond acceptors (Lipinski definition) is 3. The molecule has 0 saturated heterocycles. The summed E-state index contributed by atoms with van der Waals surface area (Å²) in [5, 5.41) is 4.64. The van der Waals surface area contributed by atoms with Crippen LogP contribution in [0, 0.1) is 0 Å². The second kappa shape index (κ2) is 8.35. The summed E-state index contributed by atoms with van der Waals surface area (Å²) >= 11 is 0. The van der Waals surface area contributed by atoms with Crippen molar-refractivity contribution in [2.24, 2.45) is 0 Å². The zero-order valence-electron chi connectivity index (χ0n) is 16.0. The Morgan fingerprint density at radius 2 is 1.60 bits per heavy atom. The van der Waals surface area contributed by atoms with E-state index in [2.05, 4.69) is 5.32 Å². The molecule has 0 radical (unpaired) electrons. The van der Waals surface area contributed by atoms with Crippen LogP contribution in [0.5, 0.6) is 0 Å². The monoisotopic (exact) mass is 436 g/mol. The van der Waals surface area contributed by atoms with Gasteiger partial charge in [-0.15, -0.1) is 0 Å². The Morgan fingerprint density at radius 1 is 0.967 bits per heavy atom. The Balaban J connectivity index is 1.75. The first-order valence-electron chi connectivity index (χ1n) is 8.94. The summed E-state index contributed by atoms with van der Waals surface area (Å²) in [5.74, 6) is -0.576. The number of benzene rings is 3. The zero-order chi connectivity index (χ0) is 21.9. The van der Waals surface area contributed by atoms with E-state index in [1.54, 1.807) is 0 Å². The summed E-state index contributed by atoms with van der Waals surface area (Å²) in [6.45, 7) is -0.361. The molecule has 0 heterocycles. The summed E-state index contributed by atoms with van der Waals surface area (Å²) in [4.78, 5) is 12.4. The number of nitrogens with zero attached hydrogens (tertiary/aromatic N) is 1. The van der Waals surface area contributed by atoms with Crippen LogP contribution in [0.15, 0.2) is 66.7 Å². The van der Waals surface area contributed by atoms with Crippen molar-refractivity contribution in [3.05, 3.63) is 77.9 Å². The van der Waals surface area contributed by atoms with Gasteiger partial charge in [0.1, 0.15) is 6.54 Å². The number of hydrogen-bond donors (Lipinski definition) is 1. The molecule has 9 heteroatoms. The number of carbonyl (C=O) groups is 1. The summed E-state index contributed by atoms with van der Waals surface area (Å²) < 4.78 is 63.2. The van der Waals surface area contributed by atoms with E-state index in [0.29, 0.717) is 0 Å². The molecule has 0 aliphatic rings. The molecular weight excluding hydrogens is 417 g/mol. The maximum absolute atomic E-state index is 12.7.